The molecule has 2 nitrogen and oxygen atoms in total. The SMILES string of the molecule is Cc1cc(I)c(N)c(N)c1I. The first-order valence-electron chi connectivity index (χ1n) is 3.03. The van der Waals surface area contributed by atoms with Crippen LogP contribution in [0, 0.1) is 14.1 Å². The molecule has 11 heavy (non-hydrogen) atoms. The highest BCUT2D eigenvalue weighted by Crippen LogP contribution is 2.29. The van der Waals surface area contributed by atoms with E-state index in [0.29, 0.717) is 11.4 Å². The quantitative estimate of drug-likeness (QED) is 0.542. The van der Waals surface area contributed by atoms with Gasteiger partial charge < -0.3 is 11.5 Å². The lowest BCUT2D eigenvalue weighted by Gasteiger charge is -2.07. The Morgan fingerprint density at radius 2 is 1.73 bits per heavy atom. The summed E-state index contributed by atoms with van der Waals surface area (Å²) in [4.78, 5) is 0. The number of nitrogen functional groups attached to an aromatic ring is 2. The molecule has 0 fully saturated rings. The minimum atomic E-state index is 0.695. The number of hydrogen-bond donors (Lipinski definition) is 2. The minimum Gasteiger partial charge on any atom is -0.396 e. The van der Waals surface area contributed by atoms with Crippen LogP contribution >= 0.6 is 45.2 Å². The van der Waals surface area contributed by atoms with E-state index in [1.54, 1.807) is 0 Å². The van der Waals surface area contributed by atoms with E-state index in [-0.39, 0.29) is 0 Å². The Labute approximate surface area is 93.0 Å². The average Bonchev–Trinajstić information content (AvgIpc) is 1.97. The van der Waals surface area contributed by atoms with Crippen molar-refractivity contribution in [3.8, 4) is 0 Å². The zero-order valence-electron chi connectivity index (χ0n) is 5.99. The molecular formula is C7H8I2N2. The fourth-order valence-corrected chi connectivity index (χ4v) is 1.99. The van der Waals surface area contributed by atoms with Gasteiger partial charge in [-0.3, -0.25) is 0 Å². The van der Waals surface area contributed by atoms with Gasteiger partial charge in [-0.15, -0.1) is 0 Å². The lowest BCUT2D eigenvalue weighted by atomic mass is 10.2. The number of rotatable bonds is 0. The molecule has 0 aromatic heterocycles. The first-order chi connectivity index (χ1) is 5.04. The zero-order chi connectivity index (χ0) is 8.59. The third kappa shape index (κ3) is 1.71. The predicted molar refractivity (Wildman–Crippen MR) is 65.4 cm³/mol. The van der Waals surface area contributed by atoms with Crippen LogP contribution in [0.15, 0.2) is 6.07 Å². The van der Waals surface area contributed by atoms with Crippen LogP contribution in [-0.4, -0.2) is 0 Å². The van der Waals surface area contributed by atoms with Crippen LogP contribution < -0.4 is 11.5 Å². The molecule has 60 valence electrons. The Morgan fingerprint density at radius 3 is 2.27 bits per heavy atom. The Bertz CT molecular complexity index is 271. The first-order valence-corrected chi connectivity index (χ1v) is 5.19. The summed E-state index contributed by atoms with van der Waals surface area (Å²) in [5, 5.41) is 0. The molecule has 0 heterocycles. The number of benzene rings is 1. The van der Waals surface area contributed by atoms with Crippen LogP contribution in [0.3, 0.4) is 0 Å². The third-order valence-electron chi connectivity index (χ3n) is 1.47. The van der Waals surface area contributed by atoms with Crippen molar-refractivity contribution in [2.75, 3.05) is 11.5 Å². The third-order valence-corrected chi connectivity index (χ3v) is 3.80. The van der Waals surface area contributed by atoms with E-state index < -0.39 is 0 Å². The summed E-state index contributed by atoms with van der Waals surface area (Å²) in [6.07, 6.45) is 0. The van der Waals surface area contributed by atoms with Crippen molar-refractivity contribution in [3.05, 3.63) is 18.8 Å². The molecule has 0 spiro atoms. The van der Waals surface area contributed by atoms with Crippen LogP contribution in [0.25, 0.3) is 0 Å². The number of halogens is 2. The highest BCUT2D eigenvalue weighted by atomic mass is 127. The summed E-state index contributed by atoms with van der Waals surface area (Å²) in [5.74, 6) is 0. The molecule has 0 bridgehead atoms. The Balaban J connectivity index is 3.46. The molecule has 4 N–H and O–H groups in total. The highest BCUT2D eigenvalue weighted by Gasteiger charge is 2.06. The fraction of sp³-hybridized carbons (Fsp3) is 0.143. The van der Waals surface area contributed by atoms with Gasteiger partial charge in [0.25, 0.3) is 0 Å². The van der Waals surface area contributed by atoms with Crippen LogP contribution in [0.5, 0.6) is 0 Å². The van der Waals surface area contributed by atoms with E-state index >= 15 is 0 Å². The van der Waals surface area contributed by atoms with Crippen LogP contribution in [0.2, 0.25) is 0 Å². The summed E-state index contributed by atoms with van der Waals surface area (Å²) >= 11 is 4.39. The smallest absolute Gasteiger partial charge is 0.0697 e. The van der Waals surface area contributed by atoms with Crippen molar-refractivity contribution in [1.29, 1.82) is 0 Å². The number of nitrogens with two attached hydrogens (primary N) is 2. The molecule has 0 atom stereocenters. The molecule has 0 saturated heterocycles. The van der Waals surface area contributed by atoms with Crippen molar-refractivity contribution < 1.29 is 0 Å². The van der Waals surface area contributed by atoms with E-state index in [0.717, 1.165) is 7.14 Å². The van der Waals surface area contributed by atoms with Crippen molar-refractivity contribution in [2.45, 2.75) is 6.92 Å². The van der Waals surface area contributed by atoms with Crippen molar-refractivity contribution in [1.82, 2.24) is 0 Å². The molecule has 0 aliphatic rings. The summed E-state index contributed by atoms with van der Waals surface area (Å²) in [5.41, 5.74) is 14.0. The van der Waals surface area contributed by atoms with E-state index in [9.17, 15) is 0 Å². The first kappa shape index (κ1) is 9.37. The monoisotopic (exact) mass is 374 g/mol. The van der Waals surface area contributed by atoms with Gasteiger partial charge in [0.05, 0.1) is 11.4 Å². The van der Waals surface area contributed by atoms with Gasteiger partial charge in [0.15, 0.2) is 0 Å². The van der Waals surface area contributed by atoms with Gasteiger partial charge in [-0.2, -0.15) is 0 Å². The van der Waals surface area contributed by atoms with Gasteiger partial charge in [0.1, 0.15) is 0 Å². The molecule has 1 rings (SSSR count). The standard InChI is InChI=1S/C7H8I2N2/c1-3-2-4(8)6(10)7(11)5(3)9/h2H,10-11H2,1H3. The minimum absolute atomic E-state index is 0.695. The predicted octanol–water partition coefficient (Wildman–Crippen LogP) is 2.37. The maximum Gasteiger partial charge on any atom is 0.0697 e. The summed E-state index contributed by atoms with van der Waals surface area (Å²) < 4.78 is 2.08. The Kier molecular flexibility index (Phi) is 2.84. The highest BCUT2D eigenvalue weighted by molar-refractivity contribution is 14.1. The van der Waals surface area contributed by atoms with E-state index in [2.05, 4.69) is 45.2 Å². The van der Waals surface area contributed by atoms with Gasteiger partial charge in [0, 0.05) is 7.14 Å². The molecular weight excluding hydrogens is 366 g/mol. The van der Waals surface area contributed by atoms with Gasteiger partial charge in [0.2, 0.25) is 0 Å². The molecule has 0 aliphatic carbocycles. The van der Waals surface area contributed by atoms with Gasteiger partial charge in [-0.25, -0.2) is 0 Å². The second kappa shape index (κ2) is 3.34. The normalized spacial score (nSPS) is 10.1. The number of aryl methyl sites for hydroxylation is 1. The van der Waals surface area contributed by atoms with Crippen LogP contribution in [0.1, 0.15) is 5.56 Å². The summed E-state index contributed by atoms with van der Waals surface area (Å²) in [6.45, 7) is 2.03. The fourth-order valence-electron chi connectivity index (χ4n) is 0.791. The van der Waals surface area contributed by atoms with Crippen LogP contribution in [0.4, 0.5) is 11.4 Å². The molecule has 0 aliphatic heterocycles. The Morgan fingerprint density at radius 1 is 1.18 bits per heavy atom. The van der Waals surface area contributed by atoms with E-state index in [1.807, 2.05) is 13.0 Å². The topological polar surface area (TPSA) is 52.0 Å². The van der Waals surface area contributed by atoms with Gasteiger partial charge in [-0.1, -0.05) is 0 Å². The summed E-state index contributed by atoms with van der Waals surface area (Å²) in [7, 11) is 0. The molecule has 1 aromatic carbocycles. The molecule has 0 radical (unpaired) electrons. The van der Waals surface area contributed by atoms with Crippen molar-refractivity contribution in [2.24, 2.45) is 0 Å². The largest absolute Gasteiger partial charge is 0.396 e. The second-order valence-electron chi connectivity index (χ2n) is 2.32. The van der Waals surface area contributed by atoms with E-state index in [1.165, 1.54) is 5.56 Å². The lowest BCUT2D eigenvalue weighted by Crippen LogP contribution is -2.01. The maximum atomic E-state index is 5.75. The zero-order valence-corrected chi connectivity index (χ0v) is 10.3. The molecule has 1 aromatic rings. The lowest BCUT2D eigenvalue weighted by molar-refractivity contribution is 1.41. The summed E-state index contributed by atoms with van der Waals surface area (Å²) in [6, 6.07) is 2.04. The van der Waals surface area contributed by atoms with Gasteiger partial charge in [-0.05, 0) is 63.7 Å². The maximum absolute atomic E-state index is 5.75. The Hall–Kier alpha value is 0.280. The van der Waals surface area contributed by atoms with Gasteiger partial charge >= 0.3 is 0 Å². The van der Waals surface area contributed by atoms with Crippen LogP contribution in [-0.2, 0) is 0 Å². The molecule has 4 heteroatoms. The number of hydrogen-bond acceptors (Lipinski definition) is 2. The average molecular weight is 374 g/mol. The molecule has 0 saturated carbocycles. The molecule has 0 amide bonds. The second-order valence-corrected chi connectivity index (χ2v) is 4.56. The molecule has 0 unspecified atom stereocenters. The van der Waals surface area contributed by atoms with E-state index in [4.69, 9.17) is 11.5 Å². The number of anilines is 2. The van der Waals surface area contributed by atoms with Crippen molar-refractivity contribution in [3.63, 3.8) is 0 Å². The van der Waals surface area contributed by atoms with Crippen molar-refractivity contribution >= 4 is 56.6 Å².